The summed E-state index contributed by atoms with van der Waals surface area (Å²) in [6, 6.07) is 8.17. The van der Waals surface area contributed by atoms with Crippen LogP contribution in [-0.4, -0.2) is 25.4 Å². The molecule has 0 bridgehead atoms. The van der Waals surface area contributed by atoms with E-state index in [4.69, 9.17) is 4.74 Å². The molecule has 0 aromatic heterocycles. The third-order valence-corrected chi connectivity index (χ3v) is 5.54. The molecule has 0 unspecified atom stereocenters. The number of anilines is 1. The molecule has 1 aliphatic heterocycles. The van der Waals surface area contributed by atoms with Gasteiger partial charge in [0.1, 0.15) is 0 Å². The smallest absolute Gasteiger partial charge is 0.306 e. The molecule has 2 aliphatic rings. The van der Waals surface area contributed by atoms with Crippen LogP contribution in [0.3, 0.4) is 0 Å². The van der Waals surface area contributed by atoms with Gasteiger partial charge in [-0.2, -0.15) is 0 Å². The van der Waals surface area contributed by atoms with E-state index in [0.717, 1.165) is 24.2 Å². The lowest BCUT2D eigenvalue weighted by molar-refractivity contribution is -0.147. The Morgan fingerprint density at radius 1 is 1.24 bits per heavy atom. The van der Waals surface area contributed by atoms with Crippen molar-refractivity contribution < 1.29 is 14.3 Å². The predicted molar refractivity (Wildman–Crippen MR) is 98.5 cm³/mol. The maximum atomic E-state index is 12.3. The normalized spacial score (nSPS) is 20.8. The molecular formula is C21H27NO3. The van der Waals surface area contributed by atoms with Gasteiger partial charge in [0.25, 0.3) is 0 Å². The quantitative estimate of drug-likeness (QED) is 0.600. The molecule has 1 saturated carbocycles. The summed E-state index contributed by atoms with van der Waals surface area (Å²) >= 11 is 0. The fraction of sp³-hybridized carbons (Fsp3) is 0.524. The highest BCUT2D eigenvalue weighted by atomic mass is 16.5. The van der Waals surface area contributed by atoms with Crippen LogP contribution < -0.4 is 4.90 Å². The van der Waals surface area contributed by atoms with Crippen LogP contribution in [0.2, 0.25) is 0 Å². The van der Waals surface area contributed by atoms with Crippen molar-refractivity contribution in [3.63, 3.8) is 0 Å². The number of nitrogens with zero attached hydrogens (tertiary/aromatic N) is 1. The van der Waals surface area contributed by atoms with Gasteiger partial charge in [0.2, 0.25) is 0 Å². The second-order valence-electron chi connectivity index (χ2n) is 7.71. The highest BCUT2D eigenvalue weighted by molar-refractivity contribution is 5.94. The summed E-state index contributed by atoms with van der Waals surface area (Å²) in [6.45, 7) is 4.05. The first-order chi connectivity index (χ1) is 11.9. The van der Waals surface area contributed by atoms with E-state index >= 15 is 0 Å². The Kier molecular flexibility index (Phi) is 4.98. The number of carbonyl (C=O) groups excluding carboxylic acids is 2. The highest BCUT2D eigenvalue weighted by Crippen LogP contribution is 2.46. The Balaban J connectivity index is 1.62. The summed E-state index contributed by atoms with van der Waals surface area (Å²) in [7, 11) is 1.97. The number of benzene rings is 1. The van der Waals surface area contributed by atoms with Crippen LogP contribution in [0.4, 0.5) is 5.69 Å². The lowest BCUT2D eigenvalue weighted by Crippen LogP contribution is -2.25. The molecule has 3 rings (SSSR count). The second kappa shape index (κ2) is 7.03. The molecule has 1 fully saturated rings. The van der Waals surface area contributed by atoms with Crippen molar-refractivity contribution >= 4 is 17.4 Å². The molecule has 4 heteroatoms. The van der Waals surface area contributed by atoms with E-state index in [1.165, 1.54) is 18.4 Å². The minimum absolute atomic E-state index is 0.164. The predicted octanol–water partition coefficient (Wildman–Crippen LogP) is 3.99. The minimum Gasteiger partial charge on any atom is -0.457 e. The van der Waals surface area contributed by atoms with Gasteiger partial charge < -0.3 is 9.64 Å². The van der Waals surface area contributed by atoms with E-state index < -0.39 is 0 Å². The molecule has 4 nitrogen and oxygen atoms in total. The molecule has 0 spiro atoms. The fourth-order valence-corrected chi connectivity index (χ4v) is 4.11. The zero-order valence-electron chi connectivity index (χ0n) is 15.4. The molecule has 134 valence electrons. The van der Waals surface area contributed by atoms with E-state index in [1.54, 1.807) is 6.08 Å². The Bertz CT molecular complexity index is 699. The number of allylic oxidation sites excluding steroid dienone is 1. The minimum atomic E-state index is -0.249. The fourth-order valence-electron chi connectivity index (χ4n) is 4.11. The third kappa shape index (κ3) is 3.63. The first-order valence-corrected chi connectivity index (χ1v) is 9.13. The molecule has 0 amide bonds. The van der Waals surface area contributed by atoms with Gasteiger partial charge in [0, 0.05) is 36.3 Å². The van der Waals surface area contributed by atoms with Gasteiger partial charge in [0.15, 0.2) is 12.4 Å². The summed E-state index contributed by atoms with van der Waals surface area (Å²) in [5, 5.41) is 0. The molecule has 1 aliphatic carbocycles. The zero-order chi connectivity index (χ0) is 18.0. The van der Waals surface area contributed by atoms with Crippen LogP contribution >= 0.6 is 0 Å². The van der Waals surface area contributed by atoms with Gasteiger partial charge in [0.05, 0.1) is 0 Å². The Labute approximate surface area is 149 Å². The monoisotopic (exact) mass is 341 g/mol. The maximum absolute atomic E-state index is 12.3. The van der Waals surface area contributed by atoms with Gasteiger partial charge in [-0.15, -0.1) is 0 Å². The number of likely N-dealkylation sites (N-methyl/N-ethyl adjacent to an activating group) is 1. The largest absolute Gasteiger partial charge is 0.457 e. The zero-order valence-corrected chi connectivity index (χ0v) is 15.4. The van der Waals surface area contributed by atoms with Gasteiger partial charge in [-0.25, -0.2) is 0 Å². The molecule has 1 aromatic rings. The molecule has 25 heavy (non-hydrogen) atoms. The SMILES string of the molecule is CN1/C(=C\C(=O)COC(=O)CC2CCCC2)C(C)(C)c2ccccc21. The standard InChI is InChI=1S/C21H27NO3/c1-21(2)17-10-6-7-11-18(17)22(3)19(21)13-16(23)14-25-20(24)12-15-8-4-5-9-15/h6-7,10-11,13,15H,4-5,8-9,12,14H2,1-3H3/b19-13-. The molecule has 1 aromatic carbocycles. The molecule has 0 N–H and O–H groups in total. The first kappa shape index (κ1) is 17.7. The number of esters is 1. The van der Waals surface area contributed by atoms with Gasteiger partial charge in [-0.3, -0.25) is 9.59 Å². The van der Waals surface area contributed by atoms with Gasteiger partial charge in [-0.1, -0.05) is 44.9 Å². The molecular weight excluding hydrogens is 314 g/mol. The summed E-state index contributed by atoms with van der Waals surface area (Å²) < 4.78 is 5.20. The lowest BCUT2D eigenvalue weighted by Gasteiger charge is -2.23. The van der Waals surface area contributed by atoms with Crippen molar-refractivity contribution in [2.75, 3.05) is 18.6 Å². The van der Waals surface area contributed by atoms with E-state index in [9.17, 15) is 9.59 Å². The summed E-state index contributed by atoms with van der Waals surface area (Å²) in [5.74, 6) is 0.0267. The van der Waals surface area contributed by atoms with Crippen LogP contribution in [0.1, 0.15) is 51.5 Å². The van der Waals surface area contributed by atoms with Crippen molar-refractivity contribution in [2.24, 2.45) is 5.92 Å². The molecule has 0 saturated heterocycles. The number of ketones is 1. The van der Waals surface area contributed by atoms with Crippen LogP contribution in [0, 0.1) is 5.92 Å². The van der Waals surface area contributed by atoms with E-state index in [0.29, 0.717) is 12.3 Å². The van der Waals surface area contributed by atoms with Crippen molar-refractivity contribution in [3.8, 4) is 0 Å². The second-order valence-corrected chi connectivity index (χ2v) is 7.71. The first-order valence-electron chi connectivity index (χ1n) is 9.13. The Morgan fingerprint density at radius 3 is 2.60 bits per heavy atom. The highest BCUT2D eigenvalue weighted by Gasteiger charge is 2.38. The average molecular weight is 341 g/mol. The number of fused-ring (bicyclic) bond motifs is 1. The van der Waals surface area contributed by atoms with Crippen molar-refractivity contribution in [2.45, 2.75) is 51.4 Å². The Hall–Kier alpha value is -2.10. The molecule has 1 heterocycles. The van der Waals surface area contributed by atoms with Gasteiger partial charge in [-0.05, 0) is 30.4 Å². The van der Waals surface area contributed by atoms with E-state index in [2.05, 4.69) is 26.0 Å². The maximum Gasteiger partial charge on any atom is 0.306 e. The van der Waals surface area contributed by atoms with Crippen LogP contribution in [-0.2, 0) is 19.7 Å². The number of para-hydroxylation sites is 1. The Morgan fingerprint density at radius 2 is 1.92 bits per heavy atom. The van der Waals surface area contributed by atoms with Crippen LogP contribution in [0.15, 0.2) is 36.0 Å². The molecule has 0 radical (unpaired) electrons. The van der Waals surface area contributed by atoms with Crippen molar-refractivity contribution in [1.82, 2.24) is 0 Å². The lowest BCUT2D eigenvalue weighted by atomic mass is 9.83. The summed E-state index contributed by atoms with van der Waals surface area (Å²) in [4.78, 5) is 26.3. The number of carbonyl (C=O) groups is 2. The van der Waals surface area contributed by atoms with Gasteiger partial charge >= 0.3 is 5.97 Å². The average Bonchev–Trinajstić information content (AvgIpc) is 3.15. The number of hydrogen-bond donors (Lipinski definition) is 0. The van der Waals surface area contributed by atoms with Crippen LogP contribution in [0.5, 0.6) is 0 Å². The van der Waals surface area contributed by atoms with E-state index in [-0.39, 0.29) is 23.8 Å². The van der Waals surface area contributed by atoms with Crippen molar-refractivity contribution in [1.29, 1.82) is 0 Å². The number of hydrogen-bond acceptors (Lipinski definition) is 4. The number of ether oxygens (including phenoxy) is 1. The summed E-state index contributed by atoms with van der Waals surface area (Å²) in [5.41, 5.74) is 3.01. The van der Waals surface area contributed by atoms with Crippen LogP contribution in [0.25, 0.3) is 0 Å². The summed E-state index contributed by atoms with van der Waals surface area (Å²) in [6.07, 6.45) is 6.67. The van der Waals surface area contributed by atoms with E-state index in [1.807, 2.05) is 24.1 Å². The molecule has 0 atom stereocenters. The van der Waals surface area contributed by atoms with Crippen molar-refractivity contribution in [3.05, 3.63) is 41.6 Å². The number of rotatable bonds is 5. The topological polar surface area (TPSA) is 46.6 Å². The third-order valence-electron chi connectivity index (χ3n) is 5.54.